The first-order valence-electron chi connectivity index (χ1n) is 6.43. The summed E-state index contributed by atoms with van der Waals surface area (Å²) in [6.07, 6.45) is 3.54. The molecule has 2 rings (SSSR count). The lowest BCUT2D eigenvalue weighted by Crippen LogP contribution is -2.35. The average Bonchev–Trinajstić information content (AvgIpc) is 3.11. The van der Waals surface area contributed by atoms with Gasteiger partial charge in [-0.2, -0.15) is 0 Å². The van der Waals surface area contributed by atoms with Crippen molar-refractivity contribution in [1.82, 2.24) is 10.6 Å². The van der Waals surface area contributed by atoms with Crippen LogP contribution in [0.4, 0.5) is 0 Å². The van der Waals surface area contributed by atoms with Gasteiger partial charge < -0.3 is 4.52 Å². The lowest BCUT2D eigenvalue weighted by Gasteiger charge is -2.20. The Bertz CT molecular complexity index is 518. The summed E-state index contributed by atoms with van der Waals surface area (Å²) in [4.78, 5) is 11.4. The second kappa shape index (κ2) is 5.45. The number of rotatable bonds is 4. The Balaban J connectivity index is 1.89. The van der Waals surface area contributed by atoms with Crippen molar-refractivity contribution in [1.29, 1.82) is 0 Å². The van der Waals surface area contributed by atoms with E-state index in [9.17, 15) is 4.79 Å². The summed E-state index contributed by atoms with van der Waals surface area (Å²) < 4.78 is 5.12. The van der Waals surface area contributed by atoms with Gasteiger partial charge in [-0.3, -0.25) is 10.0 Å². The van der Waals surface area contributed by atoms with Crippen molar-refractivity contribution < 1.29 is 14.5 Å². The minimum atomic E-state index is -0.645. The van der Waals surface area contributed by atoms with Gasteiger partial charge in [0.25, 0.3) is 0 Å². The molecule has 5 nitrogen and oxygen atoms in total. The molecule has 0 spiro atoms. The van der Waals surface area contributed by atoms with Gasteiger partial charge in [0, 0.05) is 17.4 Å². The molecule has 1 aliphatic rings. The Labute approximate surface area is 112 Å². The van der Waals surface area contributed by atoms with Crippen molar-refractivity contribution in [3.8, 4) is 11.8 Å². The SMILES string of the molecule is CC(C)(CCc1cc(C#CC2CC2)on1)C(=O)NO. The van der Waals surface area contributed by atoms with Crippen LogP contribution in [-0.4, -0.2) is 16.3 Å². The summed E-state index contributed by atoms with van der Waals surface area (Å²) in [6, 6.07) is 1.81. The first-order chi connectivity index (χ1) is 9.01. The zero-order valence-corrected chi connectivity index (χ0v) is 11.2. The number of amides is 1. The van der Waals surface area contributed by atoms with E-state index in [1.807, 2.05) is 6.07 Å². The van der Waals surface area contributed by atoms with Crippen molar-refractivity contribution in [2.45, 2.75) is 39.5 Å². The van der Waals surface area contributed by atoms with Gasteiger partial charge in [0.15, 0.2) is 0 Å². The van der Waals surface area contributed by atoms with Gasteiger partial charge in [0.1, 0.15) is 0 Å². The number of hydrogen-bond acceptors (Lipinski definition) is 4. The standard InChI is InChI=1S/C14H18N2O3/c1-14(2,13(17)15-18)8-7-11-9-12(19-16-11)6-5-10-3-4-10/h9-10,18H,3-4,7-8H2,1-2H3,(H,15,17). The van der Waals surface area contributed by atoms with Gasteiger partial charge in [-0.1, -0.05) is 24.9 Å². The van der Waals surface area contributed by atoms with Crippen LogP contribution in [0.1, 0.15) is 44.6 Å². The van der Waals surface area contributed by atoms with E-state index in [0.717, 1.165) is 5.69 Å². The number of carbonyl (C=O) groups is 1. The zero-order valence-electron chi connectivity index (χ0n) is 11.2. The third-order valence-corrected chi connectivity index (χ3v) is 3.26. The maximum atomic E-state index is 11.4. The van der Waals surface area contributed by atoms with E-state index in [4.69, 9.17) is 9.73 Å². The van der Waals surface area contributed by atoms with E-state index in [1.165, 1.54) is 12.8 Å². The first kappa shape index (κ1) is 13.6. The molecule has 2 N–H and O–H groups in total. The molecule has 1 amide bonds. The maximum Gasteiger partial charge on any atom is 0.248 e. The third kappa shape index (κ3) is 3.83. The van der Waals surface area contributed by atoms with E-state index in [0.29, 0.717) is 24.5 Å². The molecule has 1 aromatic heterocycles. The summed E-state index contributed by atoms with van der Waals surface area (Å²) in [5, 5.41) is 12.6. The molecule has 5 heteroatoms. The highest BCUT2D eigenvalue weighted by atomic mass is 16.5. The molecular weight excluding hydrogens is 244 g/mol. The molecule has 0 radical (unpaired) electrons. The maximum absolute atomic E-state index is 11.4. The summed E-state index contributed by atoms with van der Waals surface area (Å²) in [6.45, 7) is 3.54. The predicted molar refractivity (Wildman–Crippen MR) is 68.1 cm³/mol. The molecule has 1 saturated carbocycles. The Kier molecular flexibility index (Phi) is 3.91. The molecule has 19 heavy (non-hydrogen) atoms. The lowest BCUT2D eigenvalue weighted by atomic mass is 9.86. The van der Waals surface area contributed by atoms with Crippen molar-refractivity contribution in [2.24, 2.45) is 11.3 Å². The lowest BCUT2D eigenvalue weighted by molar-refractivity contribution is -0.138. The quantitative estimate of drug-likeness (QED) is 0.493. The Morgan fingerprint density at radius 1 is 1.63 bits per heavy atom. The summed E-state index contributed by atoms with van der Waals surface area (Å²) in [5.74, 6) is 6.77. The van der Waals surface area contributed by atoms with Crippen LogP contribution in [0, 0.1) is 23.2 Å². The summed E-state index contributed by atoms with van der Waals surface area (Å²) >= 11 is 0. The van der Waals surface area contributed by atoms with Crippen molar-refractivity contribution >= 4 is 5.91 Å². The highest BCUT2D eigenvalue weighted by molar-refractivity contribution is 5.80. The highest BCUT2D eigenvalue weighted by Gasteiger charge is 2.27. The van der Waals surface area contributed by atoms with Gasteiger partial charge in [-0.05, 0) is 31.6 Å². The van der Waals surface area contributed by atoms with Crippen LogP contribution < -0.4 is 5.48 Å². The second-order valence-corrected chi connectivity index (χ2v) is 5.55. The van der Waals surface area contributed by atoms with Crippen LogP contribution in [0.5, 0.6) is 0 Å². The van der Waals surface area contributed by atoms with E-state index in [1.54, 1.807) is 19.3 Å². The minimum Gasteiger partial charge on any atom is -0.347 e. The molecule has 0 unspecified atom stereocenters. The number of nitrogens with one attached hydrogen (secondary N) is 1. The molecule has 0 aromatic carbocycles. The van der Waals surface area contributed by atoms with Gasteiger partial charge in [0.2, 0.25) is 11.7 Å². The van der Waals surface area contributed by atoms with Crippen LogP contribution in [0.2, 0.25) is 0 Å². The van der Waals surface area contributed by atoms with E-state index < -0.39 is 11.3 Å². The zero-order chi connectivity index (χ0) is 13.9. The number of nitrogens with zero attached hydrogens (tertiary/aromatic N) is 1. The Hall–Kier alpha value is -1.80. The number of aromatic nitrogens is 1. The third-order valence-electron chi connectivity index (χ3n) is 3.26. The summed E-state index contributed by atoms with van der Waals surface area (Å²) in [5.41, 5.74) is 1.81. The fourth-order valence-corrected chi connectivity index (χ4v) is 1.59. The number of aryl methyl sites for hydroxylation is 1. The summed E-state index contributed by atoms with van der Waals surface area (Å²) in [7, 11) is 0. The van der Waals surface area contributed by atoms with Crippen LogP contribution in [0.3, 0.4) is 0 Å². The molecule has 0 aliphatic heterocycles. The molecule has 1 heterocycles. The van der Waals surface area contributed by atoms with Gasteiger partial charge in [0.05, 0.1) is 5.69 Å². The Morgan fingerprint density at radius 2 is 2.37 bits per heavy atom. The molecular formula is C14H18N2O3. The van der Waals surface area contributed by atoms with Crippen molar-refractivity contribution in [2.75, 3.05) is 0 Å². The fraction of sp³-hybridized carbons (Fsp3) is 0.571. The molecule has 1 aliphatic carbocycles. The number of hydrogen-bond donors (Lipinski definition) is 2. The molecule has 1 aromatic rings. The van der Waals surface area contributed by atoms with Crippen LogP contribution in [-0.2, 0) is 11.2 Å². The van der Waals surface area contributed by atoms with E-state index >= 15 is 0 Å². The fourth-order valence-electron chi connectivity index (χ4n) is 1.59. The van der Waals surface area contributed by atoms with Gasteiger partial charge in [-0.25, -0.2) is 5.48 Å². The van der Waals surface area contributed by atoms with E-state index in [2.05, 4.69) is 17.0 Å². The minimum absolute atomic E-state index is 0.398. The normalized spacial score (nSPS) is 14.7. The molecule has 102 valence electrons. The van der Waals surface area contributed by atoms with Gasteiger partial charge >= 0.3 is 0 Å². The van der Waals surface area contributed by atoms with Crippen LogP contribution >= 0.6 is 0 Å². The molecule has 0 bridgehead atoms. The molecule has 0 saturated heterocycles. The number of carbonyl (C=O) groups excluding carboxylic acids is 1. The predicted octanol–water partition coefficient (Wildman–Crippen LogP) is 1.90. The molecule has 0 atom stereocenters. The monoisotopic (exact) mass is 262 g/mol. The molecule has 1 fully saturated rings. The average molecular weight is 262 g/mol. The van der Waals surface area contributed by atoms with Crippen LogP contribution in [0.15, 0.2) is 10.6 Å². The van der Waals surface area contributed by atoms with Gasteiger partial charge in [-0.15, -0.1) is 0 Å². The topological polar surface area (TPSA) is 75.4 Å². The van der Waals surface area contributed by atoms with Crippen molar-refractivity contribution in [3.05, 3.63) is 17.5 Å². The second-order valence-electron chi connectivity index (χ2n) is 5.55. The Morgan fingerprint density at radius 3 is 3.00 bits per heavy atom. The number of hydroxylamine groups is 1. The van der Waals surface area contributed by atoms with Crippen molar-refractivity contribution in [3.63, 3.8) is 0 Å². The smallest absolute Gasteiger partial charge is 0.248 e. The van der Waals surface area contributed by atoms with E-state index in [-0.39, 0.29) is 0 Å². The highest BCUT2D eigenvalue weighted by Crippen LogP contribution is 2.27. The first-order valence-corrected chi connectivity index (χ1v) is 6.43. The largest absolute Gasteiger partial charge is 0.347 e. The van der Waals surface area contributed by atoms with Crippen LogP contribution in [0.25, 0.3) is 0 Å².